The van der Waals surface area contributed by atoms with Crippen LogP contribution in [-0.2, 0) is 24.2 Å². The summed E-state index contributed by atoms with van der Waals surface area (Å²) in [6, 6.07) is 18.0. The molecule has 1 saturated heterocycles. The fourth-order valence-electron chi connectivity index (χ4n) is 5.03. The van der Waals surface area contributed by atoms with Crippen LogP contribution in [0.5, 0.6) is 6.01 Å². The van der Waals surface area contributed by atoms with Crippen LogP contribution in [0.3, 0.4) is 0 Å². The van der Waals surface area contributed by atoms with Crippen LogP contribution >= 0.6 is 0 Å². The van der Waals surface area contributed by atoms with Crippen LogP contribution in [0.25, 0.3) is 11.1 Å². The Bertz CT molecular complexity index is 1200. The van der Waals surface area contributed by atoms with Gasteiger partial charge in [-0.3, -0.25) is 4.90 Å². The van der Waals surface area contributed by atoms with Gasteiger partial charge in [-0.25, -0.2) is 0 Å². The Hall–Kier alpha value is -3.42. The molecule has 1 aromatic heterocycles. The summed E-state index contributed by atoms with van der Waals surface area (Å²) in [5.74, 6) is 1.27. The summed E-state index contributed by atoms with van der Waals surface area (Å²) in [6.45, 7) is 9.95. The molecule has 36 heavy (non-hydrogen) atoms. The minimum atomic E-state index is 0.282. The van der Waals surface area contributed by atoms with Crippen LogP contribution in [0.2, 0.25) is 0 Å². The van der Waals surface area contributed by atoms with Crippen LogP contribution in [0, 0.1) is 0 Å². The first-order chi connectivity index (χ1) is 17.6. The molecule has 2 aromatic carbocycles. The number of nitrogen functional groups attached to an aromatic ring is 1. The number of anilines is 2. The molecule has 5 rings (SSSR count). The van der Waals surface area contributed by atoms with Crippen LogP contribution in [0.15, 0.2) is 60.7 Å². The number of methoxy groups -OCH3 is 1. The third-order valence-corrected chi connectivity index (χ3v) is 6.85. The Balaban J connectivity index is 1.32. The summed E-state index contributed by atoms with van der Waals surface area (Å²) in [6.07, 6.45) is 3.32. The van der Waals surface area contributed by atoms with Gasteiger partial charge in [0.1, 0.15) is 18.2 Å². The molecular formula is C29H35N5O2. The van der Waals surface area contributed by atoms with Crippen LogP contribution in [0.1, 0.15) is 29.5 Å². The van der Waals surface area contributed by atoms with Crippen molar-refractivity contribution in [2.45, 2.75) is 32.4 Å². The molecule has 0 spiro atoms. The van der Waals surface area contributed by atoms with Gasteiger partial charge in [-0.2, -0.15) is 9.97 Å². The summed E-state index contributed by atoms with van der Waals surface area (Å²) in [5.41, 5.74) is 13.4. The van der Waals surface area contributed by atoms with Crippen molar-refractivity contribution < 1.29 is 9.47 Å². The molecule has 2 aliphatic rings. The SMILES string of the molecule is C=C1Cc2c(N)nc(OCCOC)nc2N(Cc2ccc(-c3cccc(CN4CCCC4)c3)cc2)C1. The number of aromatic nitrogens is 2. The maximum absolute atomic E-state index is 6.28. The first-order valence-electron chi connectivity index (χ1n) is 12.7. The zero-order valence-electron chi connectivity index (χ0n) is 21.1. The van der Waals surface area contributed by atoms with Crippen molar-refractivity contribution in [3.05, 3.63) is 77.4 Å². The average Bonchev–Trinajstić information content (AvgIpc) is 3.39. The first-order valence-corrected chi connectivity index (χ1v) is 12.7. The minimum Gasteiger partial charge on any atom is -0.461 e. The number of hydrogen-bond donors (Lipinski definition) is 1. The number of nitrogens with two attached hydrogens (primary N) is 1. The van der Waals surface area contributed by atoms with E-state index in [1.54, 1.807) is 7.11 Å². The van der Waals surface area contributed by atoms with Crippen LogP contribution < -0.4 is 15.4 Å². The molecule has 3 aromatic rings. The fraction of sp³-hybridized carbons (Fsp3) is 0.379. The van der Waals surface area contributed by atoms with E-state index in [9.17, 15) is 0 Å². The fourth-order valence-corrected chi connectivity index (χ4v) is 5.03. The second kappa shape index (κ2) is 11.1. The third kappa shape index (κ3) is 5.69. The number of rotatable bonds is 9. The maximum atomic E-state index is 6.28. The normalized spacial score (nSPS) is 15.8. The molecule has 0 amide bonds. The van der Waals surface area contributed by atoms with E-state index >= 15 is 0 Å². The zero-order valence-corrected chi connectivity index (χ0v) is 21.1. The molecule has 7 nitrogen and oxygen atoms in total. The highest BCUT2D eigenvalue weighted by molar-refractivity contribution is 5.65. The summed E-state index contributed by atoms with van der Waals surface area (Å²) in [5, 5.41) is 0. The van der Waals surface area contributed by atoms with E-state index in [1.807, 2.05) is 0 Å². The molecule has 2 N–H and O–H groups in total. The zero-order chi connectivity index (χ0) is 24.9. The molecule has 0 saturated carbocycles. The van der Waals surface area contributed by atoms with Crippen molar-refractivity contribution in [1.82, 2.24) is 14.9 Å². The molecule has 1 fully saturated rings. The second-order valence-corrected chi connectivity index (χ2v) is 9.70. The molecule has 7 heteroatoms. The maximum Gasteiger partial charge on any atom is 0.320 e. The Labute approximate surface area is 213 Å². The molecule has 0 unspecified atom stereocenters. The Kier molecular flexibility index (Phi) is 7.49. The number of benzene rings is 2. The quantitative estimate of drug-likeness (QED) is 0.354. The lowest BCUT2D eigenvalue weighted by atomic mass is 9.99. The highest BCUT2D eigenvalue weighted by Crippen LogP contribution is 2.33. The van der Waals surface area contributed by atoms with Gasteiger partial charge in [0.05, 0.1) is 6.61 Å². The smallest absolute Gasteiger partial charge is 0.320 e. The van der Waals surface area contributed by atoms with E-state index in [0.717, 1.165) is 30.0 Å². The number of ether oxygens (including phenoxy) is 2. The van der Waals surface area contributed by atoms with Crippen molar-refractivity contribution in [1.29, 1.82) is 0 Å². The lowest BCUT2D eigenvalue weighted by Crippen LogP contribution is -2.32. The number of nitrogens with zero attached hydrogens (tertiary/aromatic N) is 4. The predicted octanol–water partition coefficient (Wildman–Crippen LogP) is 4.47. The summed E-state index contributed by atoms with van der Waals surface area (Å²) in [7, 11) is 1.63. The lowest BCUT2D eigenvalue weighted by molar-refractivity contribution is 0.141. The highest BCUT2D eigenvalue weighted by Gasteiger charge is 2.25. The topological polar surface area (TPSA) is 76.7 Å². The number of hydrogen-bond acceptors (Lipinski definition) is 7. The van der Waals surface area contributed by atoms with Gasteiger partial charge >= 0.3 is 6.01 Å². The summed E-state index contributed by atoms with van der Waals surface area (Å²) < 4.78 is 10.7. The molecule has 0 radical (unpaired) electrons. The first kappa shape index (κ1) is 24.3. The van der Waals surface area contributed by atoms with E-state index in [-0.39, 0.29) is 6.01 Å². The largest absolute Gasteiger partial charge is 0.461 e. The Morgan fingerprint density at radius 3 is 2.53 bits per heavy atom. The van der Waals surface area contributed by atoms with Crippen LogP contribution in [-0.4, -0.2) is 54.8 Å². The van der Waals surface area contributed by atoms with Gasteiger partial charge in [0.25, 0.3) is 0 Å². The van der Waals surface area contributed by atoms with E-state index in [2.05, 4.69) is 74.9 Å². The number of fused-ring (bicyclic) bond motifs is 1. The molecular weight excluding hydrogens is 450 g/mol. The van der Waals surface area contributed by atoms with Gasteiger partial charge in [-0.05, 0) is 54.3 Å². The molecule has 0 aliphatic carbocycles. The standard InChI is InChI=1S/C29H35N5O2/c1-21-16-26-27(30)31-29(36-15-14-35-2)32-28(26)34(18-21)20-22-8-10-24(11-9-22)25-7-5-6-23(17-25)19-33-12-3-4-13-33/h5-11,17H,1,3-4,12-16,18-20H2,2H3,(H2,30,31,32). The van der Waals surface area contributed by atoms with Gasteiger partial charge in [0.2, 0.25) is 0 Å². The van der Waals surface area contributed by atoms with Crippen LogP contribution in [0.4, 0.5) is 11.6 Å². The van der Waals surface area contributed by atoms with Gasteiger partial charge in [0.15, 0.2) is 0 Å². The van der Waals surface area contributed by atoms with Crippen molar-refractivity contribution in [2.75, 3.05) is 50.6 Å². The van der Waals surface area contributed by atoms with Crippen molar-refractivity contribution >= 4 is 11.6 Å². The Morgan fingerprint density at radius 2 is 1.75 bits per heavy atom. The Morgan fingerprint density at radius 1 is 0.944 bits per heavy atom. The second-order valence-electron chi connectivity index (χ2n) is 9.70. The number of likely N-dealkylation sites (tertiary alicyclic amines) is 1. The van der Waals surface area contributed by atoms with Crippen molar-refractivity contribution in [3.8, 4) is 17.1 Å². The molecule has 2 aliphatic heterocycles. The minimum absolute atomic E-state index is 0.282. The molecule has 0 atom stereocenters. The van der Waals surface area contributed by atoms with Gasteiger partial charge in [-0.1, -0.05) is 54.6 Å². The van der Waals surface area contributed by atoms with Gasteiger partial charge in [0, 0.05) is 38.7 Å². The molecule has 188 valence electrons. The molecule has 3 heterocycles. The lowest BCUT2D eigenvalue weighted by Gasteiger charge is -2.32. The van der Waals surface area contributed by atoms with E-state index in [1.165, 1.54) is 48.2 Å². The van der Waals surface area contributed by atoms with Crippen molar-refractivity contribution in [3.63, 3.8) is 0 Å². The highest BCUT2D eigenvalue weighted by atomic mass is 16.5. The predicted molar refractivity (Wildman–Crippen MR) is 144 cm³/mol. The summed E-state index contributed by atoms with van der Waals surface area (Å²) in [4.78, 5) is 13.8. The molecule has 0 bridgehead atoms. The summed E-state index contributed by atoms with van der Waals surface area (Å²) >= 11 is 0. The van der Waals surface area contributed by atoms with E-state index < -0.39 is 0 Å². The third-order valence-electron chi connectivity index (χ3n) is 6.85. The average molecular weight is 486 g/mol. The van der Waals surface area contributed by atoms with Crippen molar-refractivity contribution in [2.24, 2.45) is 0 Å². The van der Waals surface area contributed by atoms with E-state index in [0.29, 0.717) is 32.0 Å². The monoisotopic (exact) mass is 485 g/mol. The van der Waals surface area contributed by atoms with E-state index in [4.69, 9.17) is 15.2 Å². The van der Waals surface area contributed by atoms with Gasteiger partial charge < -0.3 is 20.1 Å². The van der Waals surface area contributed by atoms with Gasteiger partial charge in [-0.15, -0.1) is 0 Å².